The number of hydroxylamine groups is 2. The lowest BCUT2D eigenvalue weighted by atomic mass is 10.4. The number of imide groups is 1. The Morgan fingerprint density at radius 3 is 1.83 bits per heavy atom. The minimum absolute atomic E-state index is 0.0602. The summed E-state index contributed by atoms with van der Waals surface area (Å²) in [6.07, 6.45) is 0.120. The van der Waals surface area contributed by atoms with Crippen LogP contribution in [0.2, 0.25) is 0 Å². The minimum atomic E-state index is -0.797. The van der Waals surface area contributed by atoms with Crippen molar-refractivity contribution in [2.75, 3.05) is 78.1 Å². The predicted octanol–water partition coefficient (Wildman–Crippen LogP) is 0.688. The highest BCUT2D eigenvalue weighted by Gasteiger charge is 2.32. The lowest BCUT2D eigenvalue weighted by Crippen LogP contribution is -2.33. The summed E-state index contributed by atoms with van der Waals surface area (Å²) in [6.45, 7) is 3.63. The van der Waals surface area contributed by atoms with Gasteiger partial charge in [-0.05, 0) is 0 Å². The van der Waals surface area contributed by atoms with Gasteiger partial charge in [-0.25, -0.2) is 4.79 Å². The van der Waals surface area contributed by atoms with Gasteiger partial charge >= 0.3 is 5.97 Å². The summed E-state index contributed by atoms with van der Waals surface area (Å²) in [7, 11) is 5.13. The fourth-order valence-electron chi connectivity index (χ4n) is 1.93. The second-order valence-electron chi connectivity index (χ2n) is 5.57. The molecular weight excluding hydrogens is 426 g/mol. The van der Waals surface area contributed by atoms with E-state index in [0.29, 0.717) is 51.3 Å². The smallest absolute Gasteiger partial charge is 0.358 e. The molecule has 0 aromatic rings. The summed E-state index contributed by atoms with van der Waals surface area (Å²) >= 11 is 0. The Hall–Kier alpha value is -0.890. The van der Waals surface area contributed by atoms with Crippen LogP contribution >= 0.6 is 21.6 Å². The van der Waals surface area contributed by atoms with Gasteiger partial charge in [0.1, 0.15) is 6.61 Å². The van der Waals surface area contributed by atoms with Gasteiger partial charge in [0.15, 0.2) is 0 Å². The minimum Gasteiger partial charge on any atom is -0.382 e. The summed E-state index contributed by atoms with van der Waals surface area (Å²) < 4.78 is 26.1. The number of methoxy groups -OCH3 is 1. The Bertz CT molecular complexity index is 466. The van der Waals surface area contributed by atoms with Crippen molar-refractivity contribution in [1.29, 1.82) is 0 Å². The van der Waals surface area contributed by atoms with E-state index in [9.17, 15) is 14.4 Å². The van der Waals surface area contributed by atoms with Gasteiger partial charge in [-0.2, -0.15) is 0 Å². The lowest BCUT2D eigenvalue weighted by Gasteiger charge is -2.12. The molecule has 1 aliphatic heterocycles. The van der Waals surface area contributed by atoms with Gasteiger partial charge in [0.2, 0.25) is 0 Å². The fraction of sp³-hybridized carbons (Fsp3) is 0.824. The van der Waals surface area contributed by atoms with Gasteiger partial charge in [0, 0.05) is 31.5 Å². The van der Waals surface area contributed by atoms with Crippen molar-refractivity contribution in [2.45, 2.75) is 12.8 Å². The van der Waals surface area contributed by atoms with Gasteiger partial charge in [-0.3, -0.25) is 9.59 Å². The Labute approximate surface area is 178 Å². The molecule has 1 fully saturated rings. The quantitative estimate of drug-likeness (QED) is 0.156. The van der Waals surface area contributed by atoms with Crippen LogP contribution in [0.1, 0.15) is 12.8 Å². The lowest BCUT2D eigenvalue weighted by molar-refractivity contribution is -0.200. The first-order valence-electron chi connectivity index (χ1n) is 9.26. The zero-order valence-corrected chi connectivity index (χ0v) is 18.3. The molecule has 1 aliphatic rings. The molecule has 1 rings (SSSR count). The molecule has 0 aromatic carbocycles. The number of ether oxygens (including phenoxy) is 5. The van der Waals surface area contributed by atoms with Crippen LogP contribution in [0, 0.1) is 0 Å². The van der Waals surface area contributed by atoms with Crippen molar-refractivity contribution in [3.63, 3.8) is 0 Å². The maximum Gasteiger partial charge on any atom is 0.358 e. The average Bonchev–Trinajstić information content (AvgIpc) is 3.02. The van der Waals surface area contributed by atoms with E-state index in [-0.39, 0.29) is 26.1 Å². The maximum atomic E-state index is 11.5. The second kappa shape index (κ2) is 17.9. The van der Waals surface area contributed by atoms with Crippen LogP contribution in [0.15, 0.2) is 0 Å². The van der Waals surface area contributed by atoms with Crippen molar-refractivity contribution >= 4 is 39.4 Å². The van der Waals surface area contributed by atoms with Crippen LogP contribution in [-0.4, -0.2) is 101 Å². The number of hydrogen-bond acceptors (Lipinski definition) is 11. The molecule has 1 saturated heterocycles. The number of carbonyl (C=O) groups excluding carboxylic acids is 3. The van der Waals surface area contributed by atoms with E-state index < -0.39 is 17.8 Å². The van der Waals surface area contributed by atoms with Crippen molar-refractivity contribution in [1.82, 2.24) is 5.06 Å². The molecule has 0 aliphatic carbocycles. The Morgan fingerprint density at radius 1 is 0.793 bits per heavy atom. The monoisotopic (exact) mass is 455 g/mol. The fourth-order valence-corrected chi connectivity index (χ4v) is 3.65. The number of rotatable bonds is 19. The van der Waals surface area contributed by atoms with Gasteiger partial charge in [-0.1, -0.05) is 21.6 Å². The normalized spacial score (nSPS) is 14.0. The first-order valence-corrected chi connectivity index (χ1v) is 11.7. The predicted molar refractivity (Wildman–Crippen MR) is 107 cm³/mol. The SMILES string of the molecule is COCCOCCSSCCOCCOCCOCC(=O)ON1C(=O)CCC1=O. The highest BCUT2D eigenvalue weighted by atomic mass is 33.1. The summed E-state index contributed by atoms with van der Waals surface area (Å²) in [5, 5.41) is 0.493. The molecule has 2 amide bonds. The summed E-state index contributed by atoms with van der Waals surface area (Å²) in [5.41, 5.74) is 0. The number of carbonyl (C=O) groups is 3. The Morgan fingerprint density at radius 2 is 1.28 bits per heavy atom. The van der Waals surface area contributed by atoms with E-state index in [1.54, 1.807) is 28.7 Å². The third-order valence-corrected chi connectivity index (χ3v) is 5.63. The Balaban J connectivity index is 1.77. The first-order chi connectivity index (χ1) is 14.1. The van der Waals surface area contributed by atoms with Crippen LogP contribution in [-0.2, 0) is 42.9 Å². The molecule has 168 valence electrons. The molecule has 0 bridgehead atoms. The van der Waals surface area contributed by atoms with Crippen LogP contribution in [0.5, 0.6) is 0 Å². The molecule has 0 N–H and O–H groups in total. The highest BCUT2D eigenvalue weighted by molar-refractivity contribution is 8.76. The van der Waals surface area contributed by atoms with Gasteiger partial charge < -0.3 is 28.5 Å². The molecule has 0 atom stereocenters. The van der Waals surface area contributed by atoms with Gasteiger partial charge in [-0.15, -0.1) is 5.06 Å². The van der Waals surface area contributed by atoms with Crippen molar-refractivity contribution in [2.24, 2.45) is 0 Å². The van der Waals surface area contributed by atoms with Crippen LogP contribution in [0.4, 0.5) is 0 Å². The molecule has 0 saturated carbocycles. The van der Waals surface area contributed by atoms with Crippen LogP contribution in [0.3, 0.4) is 0 Å². The molecule has 29 heavy (non-hydrogen) atoms. The van der Waals surface area contributed by atoms with E-state index in [1.807, 2.05) is 0 Å². The van der Waals surface area contributed by atoms with Crippen molar-refractivity contribution in [3.05, 3.63) is 0 Å². The van der Waals surface area contributed by atoms with E-state index in [2.05, 4.69) is 4.84 Å². The third kappa shape index (κ3) is 13.9. The average molecular weight is 456 g/mol. The largest absolute Gasteiger partial charge is 0.382 e. The van der Waals surface area contributed by atoms with Crippen molar-refractivity contribution in [3.8, 4) is 0 Å². The highest BCUT2D eigenvalue weighted by Crippen LogP contribution is 2.20. The van der Waals surface area contributed by atoms with Crippen molar-refractivity contribution < 1.29 is 42.9 Å². The summed E-state index contributed by atoms with van der Waals surface area (Å²) in [4.78, 5) is 38.7. The first kappa shape index (κ1) is 26.1. The van der Waals surface area contributed by atoms with E-state index in [1.165, 1.54) is 0 Å². The molecule has 1 heterocycles. The van der Waals surface area contributed by atoms with E-state index >= 15 is 0 Å². The molecule has 0 aromatic heterocycles. The van der Waals surface area contributed by atoms with Crippen LogP contribution in [0.25, 0.3) is 0 Å². The molecular formula is C17H29NO9S2. The van der Waals surface area contributed by atoms with Gasteiger partial charge in [0.25, 0.3) is 11.8 Å². The number of hydrogen-bond donors (Lipinski definition) is 0. The zero-order valence-electron chi connectivity index (χ0n) is 16.6. The standard InChI is InChI=1S/C17H29NO9S2/c1-22-4-5-24-10-12-28-29-13-11-25-7-6-23-8-9-26-14-17(21)27-18-15(19)2-3-16(18)20/h2-14H2,1H3. The number of nitrogens with zero attached hydrogens (tertiary/aromatic N) is 1. The number of amides is 2. The molecule has 0 unspecified atom stereocenters. The van der Waals surface area contributed by atoms with E-state index in [4.69, 9.17) is 23.7 Å². The van der Waals surface area contributed by atoms with E-state index in [0.717, 1.165) is 11.5 Å². The molecule has 0 spiro atoms. The van der Waals surface area contributed by atoms with Crippen LogP contribution < -0.4 is 0 Å². The summed E-state index contributed by atoms with van der Waals surface area (Å²) in [6, 6.07) is 0. The molecule has 12 heteroatoms. The second-order valence-corrected chi connectivity index (χ2v) is 8.27. The molecule has 10 nitrogen and oxygen atoms in total. The summed E-state index contributed by atoms with van der Waals surface area (Å²) in [5.74, 6) is -0.0220. The molecule has 0 radical (unpaired) electrons. The third-order valence-electron chi connectivity index (χ3n) is 3.30. The maximum absolute atomic E-state index is 11.5. The zero-order chi connectivity index (χ0) is 21.2. The Kier molecular flexibility index (Phi) is 16.2. The topological polar surface area (TPSA) is 110 Å². The van der Waals surface area contributed by atoms with Gasteiger partial charge in [0.05, 0.1) is 52.9 Å².